The minimum Gasteiger partial charge on any atom is -0.374 e. The SMILES string of the molecule is CC(=O)N[C@@H]1[C@H](O[C@H]2[C@H](OCc3ccccc3)[C@@H](OCc3ccccc3)[C@@H](O[C@H]3[C@H](OP(=O)(OCc4ccccc4)OCc4ccccc4)O[C@@H](C)[C@H](OCc4ccccc4)[C@H]3OCc3ccccc3)O[C@@H]2COCc2ccccc2)O[C@@H]2CO[C@@H](c3ccccc3)O[C@H]2[C@@H]1OCc1ccccc1. The molecule has 0 radical (unpaired) electrons. The molecule has 4 heterocycles. The Kier molecular flexibility index (Phi) is 26.5. The van der Waals surface area contributed by atoms with E-state index < -0.39 is 106 Å². The van der Waals surface area contributed by atoms with E-state index in [1.807, 2.05) is 280 Å². The normalized spacial score (nSPS) is 26.4. The zero-order chi connectivity index (χ0) is 70.4. The van der Waals surface area contributed by atoms with Gasteiger partial charge in [0.15, 0.2) is 25.2 Å². The van der Waals surface area contributed by atoms with E-state index in [4.69, 9.17) is 75.2 Å². The summed E-state index contributed by atoms with van der Waals surface area (Å²) in [5.74, 6) is -0.381. The average molecular weight is 1420 g/mol. The van der Waals surface area contributed by atoms with Crippen LogP contribution in [-0.4, -0.2) is 111 Å². The van der Waals surface area contributed by atoms with E-state index in [1.165, 1.54) is 6.92 Å². The number of phosphoric ester groups is 1. The van der Waals surface area contributed by atoms with Gasteiger partial charge in [-0.3, -0.25) is 18.4 Å². The van der Waals surface area contributed by atoms with E-state index >= 15 is 4.57 Å². The van der Waals surface area contributed by atoms with Gasteiger partial charge in [0.2, 0.25) is 5.91 Å². The van der Waals surface area contributed by atoms with Crippen molar-refractivity contribution in [3.63, 3.8) is 0 Å². The van der Waals surface area contributed by atoms with Crippen LogP contribution in [0, 0.1) is 0 Å². The van der Waals surface area contributed by atoms with Gasteiger partial charge in [0.1, 0.15) is 67.1 Å². The lowest BCUT2D eigenvalue weighted by molar-refractivity contribution is -0.394. The first-order chi connectivity index (χ1) is 50.6. The van der Waals surface area contributed by atoms with Gasteiger partial charge in [-0.05, 0) is 51.4 Å². The van der Waals surface area contributed by atoms with E-state index in [-0.39, 0.29) is 72.0 Å². The van der Waals surface area contributed by atoms with E-state index in [1.54, 1.807) is 0 Å². The molecule has 4 aliphatic heterocycles. The highest BCUT2D eigenvalue weighted by Gasteiger charge is 2.58. The van der Waals surface area contributed by atoms with Crippen LogP contribution in [0.3, 0.4) is 0 Å². The summed E-state index contributed by atoms with van der Waals surface area (Å²) in [6, 6.07) is 85.7. The van der Waals surface area contributed by atoms with Gasteiger partial charge in [0.05, 0.1) is 72.2 Å². The molecule has 538 valence electrons. The molecule has 16 atom stereocenters. The fourth-order valence-electron chi connectivity index (χ4n) is 13.0. The minimum absolute atomic E-state index is 0.0113. The summed E-state index contributed by atoms with van der Waals surface area (Å²) >= 11 is 0. The van der Waals surface area contributed by atoms with Gasteiger partial charge in [-0.2, -0.15) is 0 Å². The number of amides is 1. The molecule has 103 heavy (non-hydrogen) atoms. The van der Waals surface area contributed by atoms with Crippen molar-refractivity contribution in [2.75, 3.05) is 13.2 Å². The number of fused-ring (bicyclic) bond motifs is 1. The van der Waals surface area contributed by atoms with E-state index in [2.05, 4.69) is 5.32 Å². The summed E-state index contributed by atoms with van der Waals surface area (Å²) in [4.78, 5) is 13.9. The second-order valence-corrected chi connectivity index (χ2v) is 27.4. The minimum atomic E-state index is -4.72. The molecule has 20 heteroatoms. The zero-order valence-corrected chi connectivity index (χ0v) is 58.5. The van der Waals surface area contributed by atoms with Gasteiger partial charge in [0.25, 0.3) is 0 Å². The third-order valence-corrected chi connectivity index (χ3v) is 19.6. The van der Waals surface area contributed by atoms with Crippen LogP contribution < -0.4 is 5.32 Å². The summed E-state index contributed by atoms with van der Waals surface area (Å²) in [5.41, 5.74) is 7.37. The molecule has 19 nitrogen and oxygen atoms in total. The first kappa shape index (κ1) is 73.4. The molecular formula is C83H88NO18P. The summed E-state index contributed by atoms with van der Waals surface area (Å²) in [6.45, 7) is 3.45. The molecule has 13 rings (SSSR count). The highest BCUT2D eigenvalue weighted by Crippen LogP contribution is 2.54. The first-order valence-corrected chi connectivity index (χ1v) is 36.5. The van der Waals surface area contributed by atoms with Crippen LogP contribution in [-0.2, 0) is 137 Å². The molecule has 0 unspecified atom stereocenters. The molecule has 1 amide bonds. The van der Waals surface area contributed by atoms with Crippen molar-refractivity contribution in [2.45, 2.75) is 165 Å². The maximum atomic E-state index is 15.9. The van der Waals surface area contributed by atoms with E-state index in [9.17, 15) is 4.79 Å². The number of carbonyl (C=O) groups excluding carboxylic acids is 1. The van der Waals surface area contributed by atoms with Crippen molar-refractivity contribution in [1.29, 1.82) is 0 Å². The number of carbonyl (C=O) groups is 1. The fourth-order valence-corrected chi connectivity index (χ4v) is 14.3. The monoisotopic (exact) mass is 1420 g/mol. The van der Waals surface area contributed by atoms with Crippen LogP contribution in [0.2, 0.25) is 0 Å². The number of nitrogens with one attached hydrogen (secondary N) is 1. The Hall–Kier alpha value is -7.96. The summed E-state index contributed by atoms with van der Waals surface area (Å²) in [7, 11) is -4.72. The molecule has 4 aliphatic rings. The van der Waals surface area contributed by atoms with Gasteiger partial charge >= 0.3 is 7.82 Å². The fraction of sp³-hybridized carbons (Fsp3) is 0.337. The molecule has 0 spiro atoms. The maximum absolute atomic E-state index is 15.9. The van der Waals surface area contributed by atoms with Crippen LogP contribution in [0.1, 0.15) is 70.2 Å². The Labute approximate surface area is 602 Å². The average Bonchev–Trinajstić information content (AvgIpc) is 0.761. The van der Waals surface area contributed by atoms with E-state index in [0.29, 0.717) is 11.1 Å². The van der Waals surface area contributed by atoms with Crippen LogP contribution in [0.25, 0.3) is 0 Å². The number of phosphoric acid groups is 1. The van der Waals surface area contributed by atoms with E-state index in [0.717, 1.165) is 38.9 Å². The Balaban J connectivity index is 0.927. The van der Waals surface area contributed by atoms with Crippen molar-refractivity contribution in [2.24, 2.45) is 0 Å². The van der Waals surface area contributed by atoms with Crippen LogP contribution in [0.15, 0.2) is 273 Å². The first-order valence-electron chi connectivity index (χ1n) is 35.0. The standard InChI is InChI=1S/C83H88NO18P/c1-58-72(88-49-61-32-14-4-15-33-61)76(90-51-63-36-18-6-19-37-63)79(83(96-58)102-103(86,94-54-66-42-24-9-25-43-66)95-55-67-44-26-10-27-45-67)101-82-78(92-53-65-40-22-8-23-41-65)77(91-52-64-38-20-7-21-39-64)74(69(98-82)56-87-48-60-30-12-3-13-31-60)100-81-71(84-59(2)85)75(89-50-62-34-16-5-17-35-62)73-70(97-81)57-93-80(99-73)68-46-28-11-29-47-68/h3-47,58,69-83H,48-57H2,1-2H3,(H,84,85)/t58-,69+,70+,71-,72-,73+,74+,75+,76+,77-,78+,79+,80+,81-,82+,83-/m0/s1. The van der Waals surface area contributed by atoms with Crippen molar-refractivity contribution >= 4 is 13.7 Å². The second kappa shape index (κ2) is 37.1. The third-order valence-electron chi connectivity index (χ3n) is 18.2. The largest absolute Gasteiger partial charge is 0.477 e. The lowest BCUT2D eigenvalue weighted by Gasteiger charge is -2.52. The molecule has 9 aromatic carbocycles. The molecule has 9 aromatic rings. The Bertz CT molecular complexity index is 3940. The lowest BCUT2D eigenvalue weighted by atomic mass is 9.93. The van der Waals surface area contributed by atoms with Crippen molar-refractivity contribution < 1.29 is 84.5 Å². The van der Waals surface area contributed by atoms with Crippen LogP contribution in [0.5, 0.6) is 0 Å². The number of hydrogen-bond acceptors (Lipinski definition) is 18. The van der Waals surface area contributed by atoms with Crippen molar-refractivity contribution in [1.82, 2.24) is 5.32 Å². The Morgan fingerprint density at radius 3 is 1.22 bits per heavy atom. The maximum Gasteiger partial charge on any atom is 0.477 e. The molecule has 0 bridgehead atoms. The second-order valence-electron chi connectivity index (χ2n) is 25.8. The number of hydrogen-bond donors (Lipinski definition) is 1. The molecule has 0 aromatic heterocycles. The quantitative estimate of drug-likeness (QED) is 0.0381. The predicted molar refractivity (Wildman–Crippen MR) is 381 cm³/mol. The topological polar surface area (TPSA) is 194 Å². The summed E-state index contributed by atoms with van der Waals surface area (Å²) < 4.78 is 128. The van der Waals surface area contributed by atoms with Crippen molar-refractivity contribution in [3.8, 4) is 0 Å². The Morgan fingerprint density at radius 1 is 0.398 bits per heavy atom. The highest BCUT2D eigenvalue weighted by molar-refractivity contribution is 7.48. The number of ether oxygens (including phenoxy) is 13. The smallest absolute Gasteiger partial charge is 0.374 e. The zero-order valence-electron chi connectivity index (χ0n) is 57.6. The van der Waals surface area contributed by atoms with Gasteiger partial charge in [0, 0.05) is 12.5 Å². The molecule has 0 aliphatic carbocycles. The predicted octanol–water partition coefficient (Wildman–Crippen LogP) is 14.3. The Morgan fingerprint density at radius 2 is 0.777 bits per heavy atom. The molecular weight excluding hydrogens is 1330 g/mol. The third kappa shape index (κ3) is 20.5. The van der Waals surface area contributed by atoms with Crippen LogP contribution in [0.4, 0.5) is 0 Å². The van der Waals surface area contributed by atoms with Crippen molar-refractivity contribution in [3.05, 3.63) is 323 Å². The number of benzene rings is 9. The summed E-state index contributed by atoms with van der Waals surface area (Å²) in [5, 5.41) is 3.18. The van der Waals surface area contributed by atoms with Crippen LogP contribution >= 0.6 is 7.82 Å². The summed E-state index contributed by atoms with van der Waals surface area (Å²) in [6.07, 6.45) is -16.6. The van der Waals surface area contributed by atoms with Gasteiger partial charge in [-0.15, -0.1) is 0 Å². The van der Waals surface area contributed by atoms with Gasteiger partial charge in [-0.25, -0.2) is 4.57 Å². The molecule has 4 fully saturated rings. The molecule has 1 N–H and O–H groups in total. The lowest BCUT2D eigenvalue weighted by Crippen LogP contribution is -2.70. The van der Waals surface area contributed by atoms with Gasteiger partial charge < -0.3 is 66.9 Å². The van der Waals surface area contributed by atoms with Gasteiger partial charge in [-0.1, -0.05) is 273 Å². The molecule has 4 saturated heterocycles. The molecule has 0 saturated carbocycles. The number of rotatable bonds is 33. The highest BCUT2D eigenvalue weighted by atomic mass is 31.2.